The van der Waals surface area contributed by atoms with Crippen molar-refractivity contribution in [2.75, 3.05) is 0 Å². The predicted molar refractivity (Wildman–Crippen MR) is 130 cm³/mol. The van der Waals surface area contributed by atoms with E-state index in [1.165, 1.54) is 16.2 Å². The minimum Gasteiger partial charge on any atom is -0.506 e. The second kappa shape index (κ2) is 9.63. The van der Waals surface area contributed by atoms with Gasteiger partial charge < -0.3 is 5.11 Å². The average molecular weight is 469 g/mol. The van der Waals surface area contributed by atoms with E-state index in [0.717, 1.165) is 31.1 Å². The monoisotopic (exact) mass is 468 g/mol. The highest BCUT2D eigenvalue weighted by atomic mass is 35.5. The Morgan fingerprint density at radius 3 is 1.73 bits per heavy atom. The van der Waals surface area contributed by atoms with Crippen molar-refractivity contribution in [1.82, 2.24) is 0 Å². The lowest BCUT2D eigenvalue weighted by atomic mass is 10.1. The van der Waals surface area contributed by atoms with Crippen LogP contribution in [0.1, 0.15) is 45.9 Å². The zero-order chi connectivity index (χ0) is 22.9. The molecule has 1 nitrogen and oxygen atoms in total. The number of phenols is 1. The fourth-order valence-electron chi connectivity index (χ4n) is 3.11. The Morgan fingerprint density at radius 2 is 1.17 bits per heavy atom. The Kier molecular flexibility index (Phi) is 7.89. The lowest BCUT2D eigenvalue weighted by Gasteiger charge is -2.07. The van der Waals surface area contributed by atoms with Crippen LogP contribution in [0.3, 0.4) is 0 Å². The van der Waals surface area contributed by atoms with Crippen molar-refractivity contribution >= 4 is 54.4 Å². The largest absolute Gasteiger partial charge is 0.506 e. The summed E-state index contributed by atoms with van der Waals surface area (Å²) in [6.45, 7) is 14.9. The molecule has 0 atom stereocenters. The molecule has 0 fully saturated rings. The van der Waals surface area contributed by atoms with Gasteiger partial charge in [-0.25, -0.2) is 8.78 Å². The fraction of sp³-hybridized carbons (Fsp3) is 0.333. The third kappa shape index (κ3) is 4.34. The molecule has 2 heterocycles. The van der Waals surface area contributed by atoms with Gasteiger partial charge in [0.15, 0.2) is 0 Å². The molecule has 4 aromatic rings. The topological polar surface area (TPSA) is 20.2 Å². The van der Waals surface area contributed by atoms with Crippen LogP contribution in [0.15, 0.2) is 12.1 Å². The highest BCUT2D eigenvalue weighted by Gasteiger charge is 2.16. The van der Waals surface area contributed by atoms with Crippen molar-refractivity contribution in [1.29, 1.82) is 0 Å². The van der Waals surface area contributed by atoms with Crippen LogP contribution in [0, 0.1) is 53.2 Å². The predicted octanol–water partition coefficient (Wildman–Crippen LogP) is 9.32. The van der Waals surface area contributed by atoms with E-state index >= 15 is 0 Å². The molecule has 0 radical (unpaired) electrons. The van der Waals surface area contributed by atoms with Gasteiger partial charge in [-0.15, -0.1) is 22.7 Å². The van der Waals surface area contributed by atoms with Crippen molar-refractivity contribution in [2.24, 2.45) is 0 Å². The molecular formula is C24H27ClF2OS2. The van der Waals surface area contributed by atoms with E-state index < -0.39 is 0 Å². The van der Waals surface area contributed by atoms with Gasteiger partial charge in [-0.2, -0.15) is 0 Å². The number of hydrogen-bond acceptors (Lipinski definition) is 3. The Balaban J connectivity index is 0.000000197. The molecule has 162 valence electrons. The first-order valence-electron chi connectivity index (χ1n) is 9.76. The van der Waals surface area contributed by atoms with E-state index in [2.05, 4.69) is 0 Å². The average Bonchev–Trinajstić information content (AvgIpc) is 3.32. The molecule has 0 amide bonds. The SMILES string of the molecule is CC.Cc1cc2c(Cl)c(C)c(C)c(O)c2s1.Cc1cc2c(F)c(C)c(C)c(F)c2s1. The lowest BCUT2D eigenvalue weighted by Crippen LogP contribution is -1.92. The van der Waals surface area contributed by atoms with E-state index in [0.29, 0.717) is 27.0 Å². The molecule has 1 N–H and O–H groups in total. The van der Waals surface area contributed by atoms with E-state index in [1.807, 2.05) is 47.6 Å². The number of hydrogen-bond donors (Lipinski definition) is 1. The molecule has 4 rings (SSSR count). The van der Waals surface area contributed by atoms with Gasteiger partial charge in [-0.3, -0.25) is 0 Å². The van der Waals surface area contributed by atoms with Crippen LogP contribution in [0.25, 0.3) is 20.2 Å². The molecular weight excluding hydrogens is 442 g/mol. The first-order chi connectivity index (χ1) is 14.0. The summed E-state index contributed by atoms with van der Waals surface area (Å²) in [5, 5.41) is 12.1. The van der Waals surface area contributed by atoms with Gasteiger partial charge >= 0.3 is 0 Å². The van der Waals surface area contributed by atoms with Crippen molar-refractivity contribution in [3.05, 3.63) is 60.8 Å². The maximum Gasteiger partial charge on any atom is 0.144 e. The smallest absolute Gasteiger partial charge is 0.144 e. The third-order valence-electron chi connectivity index (χ3n) is 5.07. The molecule has 0 saturated carbocycles. The van der Waals surface area contributed by atoms with Crippen molar-refractivity contribution in [3.63, 3.8) is 0 Å². The number of fused-ring (bicyclic) bond motifs is 2. The van der Waals surface area contributed by atoms with Gasteiger partial charge in [0.05, 0.1) is 14.4 Å². The number of benzene rings is 2. The van der Waals surface area contributed by atoms with Crippen LogP contribution in [0.5, 0.6) is 5.75 Å². The maximum atomic E-state index is 13.7. The molecule has 30 heavy (non-hydrogen) atoms. The normalized spacial score (nSPS) is 10.6. The highest BCUT2D eigenvalue weighted by molar-refractivity contribution is 7.19. The van der Waals surface area contributed by atoms with Crippen LogP contribution >= 0.6 is 34.3 Å². The van der Waals surface area contributed by atoms with Crippen molar-refractivity contribution in [2.45, 2.75) is 55.4 Å². The highest BCUT2D eigenvalue weighted by Crippen LogP contribution is 2.41. The van der Waals surface area contributed by atoms with Crippen LogP contribution in [-0.4, -0.2) is 5.11 Å². The summed E-state index contributed by atoms with van der Waals surface area (Å²) < 4.78 is 28.7. The second-order valence-corrected chi connectivity index (χ2v) is 9.88. The lowest BCUT2D eigenvalue weighted by molar-refractivity contribution is 0.478. The molecule has 0 aliphatic rings. The van der Waals surface area contributed by atoms with Crippen molar-refractivity contribution < 1.29 is 13.9 Å². The number of halogens is 3. The quantitative estimate of drug-likeness (QED) is 0.272. The van der Waals surface area contributed by atoms with Crippen LogP contribution in [0.4, 0.5) is 8.78 Å². The van der Waals surface area contributed by atoms with Crippen LogP contribution in [0.2, 0.25) is 5.02 Å². The molecule has 0 saturated heterocycles. The summed E-state index contributed by atoms with van der Waals surface area (Å²) in [6.07, 6.45) is 0. The van der Waals surface area contributed by atoms with Gasteiger partial charge in [0, 0.05) is 20.5 Å². The third-order valence-corrected chi connectivity index (χ3v) is 7.65. The molecule has 2 aromatic carbocycles. The maximum absolute atomic E-state index is 13.7. The molecule has 0 spiro atoms. The summed E-state index contributed by atoms with van der Waals surface area (Å²) in [6, 6.07) is 3.72. The van der Waals surface area contributed by atoms with Gasteiger partial charge in [-0.1, -0.05) is 25.4 Å². The van der Waals surface area contributed by atoms with E-state index in [1.54, 1.807) is 31.3 Å². The number of aromatic hydroxyl groups is 1. The second-order valence-electron chi connectivity index (χ2n) is 6.99. The van der Waals surface area contributed by atoms with Gasteiger partial charge in [0.2, 0.25) is 0 Å². The summed E-state index contributed by atoms with van der Waals surface area (Å²) in [4.78, 5) is 2.10. The summed E-state index contributed by atoms with van der Waals surface area (Å²) in [5.41, 5.74) is 2.67. The molecule has 2 aromatic heterocycles. The Labute approximate surface area is 189 Å². The Hall–Kier alpha value is -1.69. The fourth-order valence-corrected chi connectivity index (χ4v) is 5.48. The van der Waals surface area contributed by atoms with Crippen LogP contribution < -0.4 is 0 Å². The number of rotatable bonds is 0. The van der Waals surface area contributed by atoms with Crippen LogP contribution in [-0.2, 0) is 0 Å². The molecule has 0 unspecified atom stereocenters. The molecule has 6 heteroatoms. The first kappa shape index (κ1) is 24.6. The zero-order valence-corrected chi connectivity index (χ0v) is 20.9. The van der Waals surface area contributed by atoms with Crippen molar-refractivity contribution in [3.8, 4) is 5.75 Å². The van der Waals surface area contributed by atoms with Gasteiger partial charge in [-0.05, 0) is 75.9 Å². The van der Waals surface area contributed by atoms with E-state index in [9.17, 15) is 13.9 Å². The number of thiophene rings is 2. The van der Waals surface area contributed by atoms with Gasteiger partial charge in [0.25, 0.3) is 0 Å². The molecule has 0 aliphatic heterocycles. The van der Waals surface area contributed by atoms with E-state index in [-0.39, 0.29) is 11.6 Å². The Morgan fingerprint density at radius 1 is 0.700 bits per heavy atom. The zero-order valence-electron chi connectivity index (χ0n) is 18.6. The molecule has 0 aliphatic carbocycles. The molecule has 0 bridgehead atoms. The summed E-state index contributed by atoms with van der Waals surface area (Å²) in [5.74, 6) is -0.194. The minimum absolute atomic E-state index is 0.281. The number of aryl methyl sites for hydroxylation is 2. The summed E-state index contributed by atoms with van der Waals surface area (Å²) in [7, 11) is 0. The number of phenolic OH excluding ortho intramolecular Hbond substituents is 1. The van der Waals surface area contributed by atoms with E-state index in [4.69, 9.17) is 11.6 Å². The first-order valence-corrected chi connectivity index (χ1v) is 11.8. The van der Waals surface area contributed by atoms with Gasteiger partial charge in [0.1, 0.15) is 17.4 Å². The summed E-state index contributed by atoms with van der Waals surface area (Å²) >= 11 is 9.09. The standard InChI is InChI=1S/C11H11ClOS.C11H10F2S.C2H6/c2*1-5-4-8-9(12)6(2)7(3)10(13)11(8)14-5;1-2/h4,13H,1-3H3;4H,1-3H3;1-2H3. The minimum atomic E-state index is -0.289. The Bertz CT molecular complexity index is 1040.